The minimum absolute atomic E-state index is 0.165. The van der Waals surface area contributed by atoms with E-state index in [1.165, 1.54) is 28.2 Å². The molecule has 4 rings (SSSR count). The van der Waals surface area contributed by atoms with Gasteiger partial charge in [-0.15, -0.1) is 0 Å². The first-order chi connectivity index (χ1) is 15.4. The molecule has 2 aliphatic heterocycles. The summed E-state index contributed by atoms with van der Waals surface area (Å²) in [5, 5.41) is 1.75. The van der Waals surface area contributed by atoms with Crippen molar-refractivity contribution >= 4 is 56.1 Å². The van der Waals surface area contributed by atoms with Gasteiger partial charge in [0.2, 0.25) is 10.0 Å². The molecule has 32 heavy (non-hydrogen) atoms. The Morgan fingerprint density at radius 2 is 1.78 bits per heavy atom. The van der Waals surface area contributed by atoms with E-state index in [0.29, 0.717) is 65.9 Å². The smallest absolute Gasteiger partial charge is 0.259 e. The Balaban J connectivity index is 1.43. The second-order valence-corrected chi connectivity index (χ2v) is 10.9. The molecule has 2 aromatic carbocycles. The van der Waals surface area contributed by atoms with Crippen molar-refractivity contribution in [2.24, 2.45) is 4.99 Å². The first-order valence-electron chi connectivity index (χ1n) is 9.97. The molecule has 7 nitrogen and oxygen atoms in total. The molecule has 1 saturated heterocycles. The van der Waals surface area contributed by atoms with Crippen LogP contribution >= 0.6 is 35.0 Å². The maximum Gasteiger partial charge on any atom is 0.259 e. The molecule has 0 aliphatic carbocycles. The van der Waals surface area contributed by atoms with Crippen molar-refractivity contribution in [3.8, 4) is 0 Å². The predicted octanol–water partition coefficient (Wildman–Crippen LogP) is 3.76. The second kappa shape index (κ2) is 10.1. The molecule has 0 N–H and O–H groups in total. The summed E-state index contributed by atoms with van der Waals surface area (Å²) in [4.78, 5) is 19.3. The Morgan fingerprint density at radius 1 is 1.06 bits per heavy atom. The van der Waals surface area contributed by atoms with Crippen LogP contribution in [0.3, 0.4) is 0 Å². The maximum absolute atomic E-state index is 13.1. The molecule has 1 fully saturated rings. The highest BCUT2D eigenvalue weighted by molar-refractivity contribution is 8.13. The van der Waals surface area contributed by atoms with Crippen LogP contribution in [-0.2, 0) is 20.5 Å². The van der Waals surface area contributed by atoms with E-state index >= 15 is 0 Å². The Bertz CT molecular complexity index is 1130. The SMILES string of the molecule is O=C(c1ccc(S(=O)(=O)N2CCOCC2)cc1)N1CCN=C1SCc1ccc(Cl)cc1Cl. The van der Waals surface area contributed by atoms with Crippen molar-refractivity contribution in [2.75, 3.05) is 39.4 Å². The minimum Gasteiger partial charge on any atom is -0.379 e. The number of thioether (sulfide) groups is 1. The zero-order valence-electron chi connectivity index (χ0n) is 17.0. The Morgan fingerprint density at radius 3 is 2.47 bits per heavy atom. The number of ether oxygens (including phenoxy) is 1. The number of sulfonamides is 1. The maximum atomic E-state index is 13.1. The molecule has 0 aromatic heterocycles. The number of halogens is 2. The first-order valence-corrected chi connectivity index (χ1v) is 13.2. The fourth-order valence-corrected chi connectivity index (χ4v) is 6.39. The highest BCUT2D eigenvalue weighted by Crippen LogP contribution is 2.27. The van der Waals surface area contributed by atoms with E-state index in [4.69, 9.17) is 27.9 Å². The standard InChI is InChI=1S/C21H21Cl2N3O4S2/c22-17-4-1-16(19(23)13-17)14-31-21-24-7-8-26(21)20(27)15-2-5-18(6-3-15)32(28,29)25-9-11-30-12-10-25/h1-6,13H,7-12,14H2. The van der Waals surface area contributed by atoms with Crippen LogP contribution in [0.5, 0.6) is 0 Å². The van der Waals surface area contributed by atoms with Crippen LogP contribution in [0, 0.1) is 0 Å². The molecule has 2 aromatic rings. The molecule has 0 spiro atoms. The van der Waals surface area contributed by atoms with Gasteiger partial charge >= 0.3 is 0 Å². The Labute approximate surface area is 201 Å². The van der Waals surface area contributed by atoms with Crippen molar-refractivity contribution in [1.82, 2.24) is 9.21 Å². The van der Waals surface area contributed by atoms with Crippen LogP contribution in [0.15, 0.2) is 52.4 Å². The number of benzene rings is 2. The molecule has 0 bridgehead atoms. The lowest BCUT2D eigenvalue weighted by molar-refractivity contribution is 0.0730. The van der Waals surface area contributed by atoms with Crippen molar-refractivity contribution in [3.05, 3.63) is 63.6 Å². The van der Waals surface area contributed by atoms with Crippen molar-refractivity contribution in [2.45, 2.75) is 10.6 Å². The molecule has 2 heterocycles. The van der Waals surface area contributed by atoms with Gasteiger partial charge < -0.3 is 4.74 Å². The van der Waals surface area contributed by atoms with Gasteiger partial charge in [0, 0.05) is 41.0 Å². The number of morpholine rings is 1. The zero-order chi connectivity index (χ0) is 22.7. The highest BCUT2D eigenvalue weighted by Gasteiger charge is 2.28. The fourth-order valence-electron chi connectivity index (χ4n) is 3.38. The van der Waals surface area contributed by atoms with Crippen LogP contribution < -0.4 is 0 Å². The number of rotatable bonds is 5. The van der Waals surface area contributed by atoms with Crippen LogP contribution in [0.25, 0.3) is 0 Å². The number of nitrogens with zero attached hydrogens (tertiary/aromatic N) is 3. The zero-order valence-corrected chi connectivity index (χ0v) is 20.2. The molecular formula is C21H21Cl2N3O4S2. The van der Waals surface area contributed by atoms with E-state index in [-0.39, 0.29) is 10.8 Å². The molecule has 170 valence electrons. The van der Waals surface area contributed by atoms with Gasteiger partial charge in [-0.25, -0.2) is 8.42 Å². The normalized spacial score (nSPS) is 17.4. The van der Waals surface area contributed by atoms with Crippen molar-refractivity contribution in [1.29, 1.82) is 0 Å². The van der Waals surface area contributed by atoms with E-state index in [0.717, 1.165) is 5.56 Å². The van der Waals surface area contributed by atoms with Crippen LogP contribution in [0.2, 0.25) is 10.0 Å². The molecular weight excluding hydrogens is 493 g/mol. The van der Waals surface area contributed by atoms with Gasteiger partial charge in [0.25, 0.3) is 5.91 Å². The topological polar surface area (TPSA) is 79.3 Å². The van der Waals surface area contributed by atoms with Gasteiger partial charge in [-0.1, -0.05) is 41.0 Å². The molecule has 1 amide bonds. The predicted molar refractivity (Wildman–Crippen MR) is 127 cm³/mol. The van der Waals surface area contributed by atoms with Gasteiger partial charge in [0.1, 0.15) is 0 Å². The minimum atomic E-state index is -3.60. The number of carbonyl (C=O) groups is 1. The molecule has 0 saturated carbocycles. The Kier molecular flexibility index (Phi) is 7.44. The third-order valence-electron chi connectivity index (χ3n) is 5.13. The van der Waals surface area contributed by atoms with E-state index in [1.807, 2.05) is 6.07 Å². The summed E-state index contributed by atoms with van der Waals surface area (Å²) in [6.45, 7) is 2.41. The number of amidine groups is 1. The van der Waals surface area contributed by atoms with Crippen molar-refractivity contribution in [3.63, 3.8) is 0 Å². The van der Waals surface area contributed by atoms with Crippen LogP contribution in [-0.4, -0.2) is 68.1 Å². The van der Waals surface area contributed by atoms with Gasteiger partial charge in [-0.2, -0.15) is 4.31 Å². The summed E-state index contributed by atoms with van der Waals surface area (Å²) < 4.78 is 32.2. The fraction of sp³-hybridized carbons (Fsp3) is 0.333. The third-order valence-corrected chi connectivity index (χ3v) is 8.69. The molecule has 0 radical (unpaired) electrons. The van der Waals surface area contributed by atoms with E-state index in [1.54, 1.807) is 29.2 Å². The number of carbonyl (C=O) groups excluding carboxylic acids is 1. The molecule has 11 heteroatoms. The van der Waals surface area contributed by atoms with E-state index < -0.39 is 10.0 Å². The average Bonchev–Trinajstić information content (AvgIpc) is 3.27. The van der Waals surface area contributed by atoms with Gasteiger partial charge in [0.05, 0.1) is 24.7 Å². The van der Waals surface area contributed by atoms with E-state index in [2.05, 4.69) is 4.99 Å². The summed E-state index contributed by atoms with van der Waals surface area (Å²) in [6.07, 6.45) is 0. The van der Waals surface area contributed by atoms with Gasteiger partial charge in [-0.05, 0) is 42.0 Å². The Hall–Kier alpha value is -1.62. The lowest BCUT2D eigenvalue weighted by Gasteiger charge is -2.26. The number of hydrogen-bond donors (Lipinski definition) is 0. The third kappa shape index (κ3) is 5.13. The van der Waals surface area contributed by atoms with E-state index in [9.17, 15) is 13.2 Å². The van der Waals surface area contributed by atoms with Gasteiger partial charge in [-0.3, -0.25) is 14.7 Å². The second-order valence-electron chi connectivity index (χ2n) is 7.19. The molecule has 0 atom stereocenters. The highest BCUT2D eigenvalue weighted by atomic mass is 35.5. The largest absolute Gasteiger partial charge is 0.379 e. The summed E-state index contributed by atoms with van der Waals surface area (Å²) in [6, 6.07) is 11.4. The number of amides is 1. The van der Waals surface area contributed by atoms with Crippen molar-refractivity contribution < 1.29 is 17.9 Å². The summed E-state index contributed by atoms with van der Waals surface area (Å²) in [5.74, 6) is 0.335. The quantitative estimate of drug-likeness (QED) is 0.607. The number of hydrogen-bond acceptors (Lipinski definition) is 6. The molecule has 2 aliphatic rings. The monoisotopic (exact) mass is 513 g/mol. The lowest BCUT2D eigenvalue weighted by Crippen LogP contribution is -2.40. The van der Waals surface area contributed by atoms with Crippen LogP contribution in [0.1, 0.15) is 15.9 Å². The number of aliphatic imine (C=N–C) groups is 1. The summed E-state index contributed by atoms with van der Waals surface area (Å²) in [5.41, 5.74) is 1.31. The first kappa shape index (κ1) is 23.5. The average molecular weight is 514 g/mol. The summed E-state index contributed by atoms with van der Waals surface area (Å²) >= 11 is 13.6. The lowest BCUT2D eigenvalue weighted by atomic mass is 10.2. The van der Waals surface area contributed by atoms with Crippen LogP contribution in [0.4, 0.5) is 0 Å². The van der Waals surface area contributed by atoms with Gasteiger partial charge in [0.15, 0.2) is 5.17 Å². The molecule has 0 unspecified atom stereocenters. The summed E-state index contributed by atoms with van der Waals surface area (Å²) in [7, 11) is -3.60.